The number of hydrogen-bond acceptors (Lipinski definition) is 5. The van der Waals surface area contributed by atoms with Crippen molar-refractivity contribution in [1.82, 2.24) is 9.88 Å². The van der Waals surface area contributed by atoms with Gasteiger partial charge in [0.15, 0.2) is 0 Å². The molecule has 2 atom stereocenters. The molecule has 0 N–H and O–H groups in total. The summed E-state index contributed by atoms with van der Waals surface area (Å²) in [5, 5.41) is 0. The Morgan fingerprint density at radius 2 is 2.25 bits per heavy atom. The van der Waals surface area contributed by atoms with Gasteiger partial charge in [0, 0.05) is 25.4 Å². The summed E-state index contributed by atoms with van der Waals surface area (Å²) >= 11 is 0. The van der Waals surface area contributed by atoms with E-state index in [0.29, 0.717) is 31.9 Å². The number of ether oxygens (including phenoxy) is 2. The molecule has 2 aromatic heterocycles. The Morgan fingerprint density at radius 3 is 3.04 bits per heavy atom. The maximum atomic E-state index is 12.4. The van der Waals surface area contributed by atoms with E-state index in [0.717, 1.165) is 18.4 Å². The Balaban J connectivity index is 1.32. The van der Waals surface area contributed by atoms with Gasteiger partial charge in [-0.15, -0.1) is 0 Å². The molecule has 0 radical (unpaired) electrons. The predicted octanol–water partition coefficient (Wildman–Crippen LogP) is 2.27. The molecule has 2 saturated heterocycles. The third kappa shape index (κ3) is 3.07. The predicted molar refractivity (Wildman–Crippen MR) is 85.3 cm³/mol. The summed E-state index contributed by atoms with van der Waals surface area (Å²) in [5.41, 5.74) is 1.44. The lowest BCUT2D eigenvalue weighted by Gasteiger charge is -2.23. The molecule has 1 amide bonds. The third-order valence-electron chi connectivity index (χ3n) is 4.78. The molecule has 0 aromatic carbocycles. The first kappa shape index (κ1) is 15.4. The number of aromatic nitrogens is 1. The van der Waals surface area contributed by atoms with Crippen LogP contribution in [-0.4, -0.2) is 47.2 Å². The van der Waals surface area contributed by atoms with Crippen LogP contribution in [0.5, 0.6) is 0 Å². The normalized spacial score (nSPS) is 26.3. The second-order valence-corrected chi connectivity index (χ2v) is 6.48. The molecule has 4 rings (SSSR count). The minimum absolute atomic E-state index is 0.00498. The van der Waals surface area contributed by atoms with Gasteiger partial charge in [0.1, 0.15) is 6.26 Å². The van der Waals surface area contributed by atoms with E-state index in [9.17, 15) is 4.79 Å². The molecule has 2 aromatic rings. The summed E-state index contributed by atoms with van der Waals surface area (Å²) in [6.45, 7) is 2.47. The number of likely N-dealkylation sites (tertiary alicyclic amines) is 1. The number of carbonyl (C=O) groups excluding carboxylic acids is 1. The fourth-order valence-corrected chi connectivity index (χ4v) is 3.47. The van der Waals surface area contributed by atoms with Crippen LogP contribution < -0.4 is 0 Å². The second kappa shape index (κ2) is 6.37. The van der Waals surface area contributed by atoms with Crippen molar-refractivity contribution in [2.24, 2.45) is 0 Å². The zero-order valence-electron chi connectivity index (χ0n) is 13.4. The Labute approximate surface area is 140 Å². The van der Waals surface area contributed by atoms with Crippen LogP contribution in [-0.2, 0) is 16.1 Å². The van der Waals surface area contributed by atoms with Crippen molar-refractivity contribution in [3.05, 3.63) is 54.2 Å². The Bertz CT molecular complexity index is 688. The van der Waals surface area contributed by atoms with Crippen LogP contribution in [0.15, 0.2) is 47.5 Å². The standard InChI is InChI=1S/C18H20N2O4/c21-17(15-3-8-22-11-15)20-7-4-18(13-20)9-16(12-24-18)23-10-14-1-5-19-6-2-14/h1-3,5-6,8,11,16H,4,7,9-10,12-13H2/t16-,18+/m1/s1. The van der Waals surface area contributed by atoms with Gasteiger partial charge >= 0.3 is 0 Å². The molecular formula is C18H20N2O4. The van der Waals surface area contributed by atoms with E-state index in [1.54, 1.807) is 18.5 Å². The quantitative estimate of drug-likeness (QED) is 0.861. The van der Waals surface area contributed by atoms with Gasteiger partial charge in [-0.2, -0.15) is 0 Å². The molecule has 2 aliphatic rings. The SMILES string of the molecule is O=C(c1ccoc1)N1CC[C@]2(C[C@@H](OCc3ccncc3)CO2)C1. The molecule has 4 heterocycles. The smallest absolute Gasteiger partial charge is 0.257 e. The molecule has 126 valence electrons. The molecule has 0 saturated carbocycles. The molecule has 0 bridgehead atoms. The van der Waals surface area contributed by atoms with Crippen LogP contribution in [0, 0.1) is 0 Å². The average Bonchev–Trinajstić information content (AvgIpc) is 3.36. The van der Waals surface area contributed by atoms with Crippen molar-refractivity contribution in [3.8, 4) is 0 Å². The lowest BCUT2D eigenvalue weighted by molar-refractivity contribution is 0.000267. The summed E-state index contributed by atoms with van der Waals surface area (Å²) in [4.78, 5) is 18.3. The van der Waals surface area contributed by atoms with Gasteiger partial charge in [0.25, 0.3) is 5.91 Å². The van der Waals surface area contributed by atoms with Gasteiger partial charge in [-0.05, 0) is 30.2 Å². The van der Waals surface area contributed by atoms with E-state index in [2.05, 4.69) is 4.98 Å². The average molecular weight is 328 g/mol. The summed E-state index contributed by atoms with van der Waals surface area (Å²) < 4.78 is 17.0. The van der Waals surface area contributed by atoms with Crippen LogP contribution in [0.4, 0.5) is 0 Å². The minimum Gasteiger partial charge on any atom is -0.472 e. The Hall–Kier alpha value is -2.18. The fourth-order valence-electron chi connectivity index (χ4n) is 3.47. The zero-order valence-corrected chi connectivity index (χ0v) is 13.4. The van der Waals surface area contributed by atoms with Crippen molar-refractivity contribution in [2.75, 3.05) is 19.7 Å². The van der Waals surface area contributed by atoms with Gasteiger partial charge < -0.3 is 18.8 Å². The molecule has 24 heavy (non-hydrogen) atoms. The molecule has 2 aliphatic heterocycles. The van der Waals surface area contributed by atoms with Crippen LogP contribution >= 0.6 is 0 Å². The highest BCUT2D eigenvalue weighted by atomic mass is 16.6. The Kier molecular flexibility index (Phi) is 4.08. The number of furan rings is 1. The van der Waals surface area contributed by atoms with Gasteiger partial charge in [-0.25, -0.2) is 0 Å². The highest BCUT2D eigenvalue weighted by Gasteiger charge is 2.47. The first-order valence-electron chi connectivity index (χ1n) is 8.20. The van der Waals surface area contributed by atoms with Crippen LogP contribution in [0.2, 0.25) is 0 Å². The number of nitrogens with zero attached hydrogens (tertiary/aromatic N) is 2. The number of rotatable bonds is 4. The number of amides is 1. The summed E-state index contributed by atoms with van der Waals surface area (Å²) in [7, 11) is 0. The first-order valence-corrected chi connectivity index (χ1v) is 8.20. The van der Waals surface area contributed by atoms with Crippen LogP contribution in [0.3, 0.4) is 0 Å². The molecule has 1 spiro atoms. The third-order valence-corrected chi connectivity index (χ3v) is 4.78. The lowest BCUT2D eigenvalue weighted by atomic mass is 9.98. The van der Waals surface area contributed by atoms with Crippen molar-refractivity contribution in [2.45, 2.75) is 31.2 Å². The van der Waals surface area contributed by atoms with Gasteiger partial charge in [-0.3, -0.25) is 9.78 Å². The molecule has 0 aliphatic carbocycles. The van der Waals surface area contributed by atoms with Gasteiger partial charge in [0.05, 0.1) is 43.3 Å². The second-order valence-electron chi connectivity index (χ2n) is 6.48. The van der Waals surface area contributed by atoms with Crippen molar-refractivity contribution in [1.29, 1.82) is 0 Å². The van der Waals surface area contributed by atoms with E-state index in [4.69, 9.17) is 13.9 Å². The van der Waals surface area contributed by atoms with Crippen molar-refractivity contribution < 1.29 is 18.7 Å². The summed E-state index contributed by atoms with van der Waals surface area (Å²) in [5.74, 6) is 0.00498. The van der Waals surface area contributed by atoms with E-state index in [1.807, 2.05) is 17.0 Å². The van der Waals surface area contributed by atoms with E-state index in [-0.39, 0.29) is 17.6 Å². The molecule has 0 unspecified atom stereocenters. The van der Waals surface area contributed by atoms with E-state index < -0.39 is 0 Å². The van der Waals surface area contributed by atoms with Crippen molar-refractivity contribution in [3.63, 3.8) is 0 Å². The number of hydrogen-bond donors (Lipinski definition) is 0. The number of carbonyl (C=O) groups is 1. The highest BCUT2D eigenvalue weighted by molar-refractivity contribution is 5.94. The van der Waals surface area contributed by atoms with Crippen molar-refractivity contribution >= 4 is 5.91 Å². The van der Waals surface area contributed by atoms with Gasteiger partial charge in [-0.1, -0.05) is 0 Å². The lowest BCUT2D eigenvalue weighted by Crippen LogP contribution is -2.36. The molecule has 6 heteroatoms. The topological polar surface area (TPSA) is 64.8 Å². The number of pyridine rings is 1. The Morgan fingerprint density at radius 1 is 1.38 bits per heavy atom. The summed E-state index contributed by atoms with van der Waals surface area (Å²) in [6, 6.07) is 5.60. The summed E-state index contributed by atoms with van der Waals surface area (Å²) in [6.07, 6.45) is 8.29. The monoisotopic (exact) mass is 328 g/mol. The molecular weight excluding hydrogens is 308 g/mol. The van der Waals surface area contributed by atoms with Crippen LogP contribution in [0.1, 0.15) is 28.8 Å². The first-order chi connectivity index (χ1) is 11.7. The van der Waals surface area contributed by atoms with E-state index in [1.165, 1.54) is 12.5 Å². The fraction of sp³-hybridized carbons (Fsp3) is 0.444. The molecule has 6 nitrogen and oxygen atoms in total. The van der Waals surface area contributed by atoms with E-state index >= 15 is 0 Å². The van der Waals surface area contributed by atoms with Gasteiger partial charge in [0.2, 0.25) is 0 Å². The molecule has 2 fully saturated rings. The largest absolute Gasteiger partial charge is 0.472 e. The zero-order chi connectivity index (χ0) is 16.4. The highest BCUT2D eigenvalue weighted by Crippen LogP contribution is 2.37. The minimum atomic E-state index is -0.262. The maximum absolute atomic E-state index is 12.4. The van der Waals surface area contributed by atoms with Crippen LogP contribution in [0.25, 0.3) is 0 Å². The maximum Gasteiger partial charge on any atom is 0.257 e.